The highest BCUT2D eigenvalue weighted by molar-refractivity contribution is 6.04. The van der Waals surface area contributed by atoms with Crippen LogP contribution in [0.25, 0.3) is 0 Å². The van der Waals surface area contributed by atoms with Crippen molar-refractivity contribution in [1.29, 1.82) is 0 Å². The van der Waals surface area contributed by atoms with Gasteiger partial charge in [-0.3, -0.25) is 19.4 Å². The van der Waals surface area contributed by atoms with Gasteiger partial charge < -0.3 is 20.3 Å². The van der Waals surface area contributed by atoms with E-state index in [2.05, 4.69) is 20.6 Å². The number of ether oxygens (including phenoxy) is 1. The average Bonchev–Trinajstić information content (AvgIpc) is 2.70. The van der Waals surface area contributed by atoms with E-state index in [1.165, 1.54) is 0 Å². The standard InChI is InChI=1S/C20H23N5O4/c1-11-3-4-12(2)14(9-11)21-18(27)13-10-15(26)22-17-16(13)19(28)24-20(23-17)25-5-7-29-8-6-25/h3-4,9,13H,5-8,10H2,1-2H3,(H,21,27)(H2,22,23,24,26,28). The van der Waals surface area contributed by atoms with Crippen molar-refractivity contribution in [2.75, 3.05) is 41.8 Å². The molecular formula is C20H23N5O4. The number of aryl methyl sites for hydroxylation is 2. The molecule has 29 heavy (non-hydrogen) atoms. The lowest BCUT2D eigenvalue weighted by atomic mass is 9.92. The molecule has 9 nitrogen and oxygen atoms in total. The second kappa shape index (κ2) is 7.67. The van der Waals surface area contributed by atoms with Crippen LogP contribution in [0, 0.1) is 13.8 Å². The Morgan fingerprint density at radius 3 is 2.76 bits per heavy atom. The summed E-state index contributed by atoms with van der Waals surface area (Å²) in [6.07, 6.45) is -0.106. The number of benzene rings is 1. The number of morpholine rings is 1. The number of aromatic amines is 1. The minimum absolute atomic E-state index is 0.106. The lowest BCUT2D eigenvalue weighted by Gasteiger charge is -2.29. The van der Waals surface area contributed by atoms with Crippen LogP contribution in [0.1, 0.15) is 29.0 Å². The largest absolute Gasteiger partial charge is 0.378 e. The van der Waals surface area contributed by atoms with Crippen LogP contribution in [0.5, 0.6) is 0 Å². The van der Waals surface area contributed by atoms with Crippen molar-refractivity contribution in [2.24, 2.45) is 0 Å². The molecule has 4 rings (SSSR count). The quantitative estimate of drug-likeness (QED) is 0.719. The van der Waals surface area contributed by atoms with Crippen molar-refractivity contribution in [3.63, 3.8) is 0 Å². The molecule has 2 amide bonds. The number of hydrogen-bond donors (Lipinski definition) is 3. The van der Waals surface area contributed by atoms with E-state index in [1.54, 1.807) is 0 Å². The number of aromatic nitrogens is 2. The van der Waals surface area contributed by atoms with Crippen molar-refractivity contribution in [2.45, 2.75) is 26.2 Å². The third-order valence-corrected chi connectivity index (χ3v) is 5.22. The predicted octanol–water partition coefficient (Wildman–Crippen LogP) is 1.29. The van der Waals surface area contributed by atoms with E-state index in [4.69, 9.17) is 4.74 Å². The smallest absolute Gasteiger partial charge is 0.258 e. The molecule has 0 aliphatic carbocycles. The zero-order valence-electron chi connectivity index (χ0n) is 16.4. The van der Waals surface area contributed by atoms with Gasteiger partial charge in [-0.2, -0.15) is 4.98 Å². The Hall–Kier alpha value is -3.20. The van der Waals surface area contributed by atoms with Gasteiger partial charge in [0.1, 0.15) is 5.82 Å². The summed E-state index contributed by atoms with van der Waals surface area (Å²) >= 11 is 0. The molecule has 2 aromatic rings. The molecule has 3 heterocycles. The molecule has 0 spiro atoms. The molecule has 2 aliphatic heterocycles. The molecule has 0 saturated carbocycles. The van der Waals surface area contributed by atoms with Gasteiger partial charge in [0.2, 0.25) is 17.8 Å². The van der Waals surface area contributed by atoms with Crippen molar-refractivity contribution in [3.05, 3.63) is 45.2 Å². The van der Waals surface area contributed by atoms with E-state index >= 15 is 0 Å². The number of carbonyl (C=O) groups excluding carboxylic acids is 2. The Morgan fingerprint density at radius 2 is 2.00 bits per heavy atom. The molecular weight excluding hydrogens is 374 g/mol. The number of rotatable bonds is 3. The molecule has 1 saturated heterocycles. The second-order valence-electron chi connectivity index (χ2n) is 7.36. The molecule has 2 aliphatic rings. The number of nitrogens with one attached hydrogen (secondary N) is 3. The molecule has 1 aromatic heterocycles. The Labute approximate surface area is 167 Å². The number of amides is 2. The minimum atomic E-state index is -0.909. The zero-order chi connectivity index (χ0) is 20.5. The van der Waals surface area contributed by atoms with Crippen molar-refractivity contribution < 1.29 is 14.3 Å². The van der Waals surface area contributed by atoms with Crippen molar-refractivity contribution in [1.82, 2.24) is 9.97 Å². The number of anilines is 3. The molecule has 1 aromatic carbocycles. The van der Waals surface area contributed by atoms with Gasteiger partial charge in [0, 0.05) is 25.2 Å². The molecule has 1 unspecified atom stereocenters. The fourth-order valence-corrected chi connectivity index (χ4v) is 3.60. The summed E-state index contributed by atoms with van der Waals surface area (Å²) in [6.45, 7) is 6.07. The van der Waals surface area contributed by atoms with Crippen LogP contribution < -0.4 is 21.1 Å². The van der Waals surface area contributed by atoms with E-state index in [0.717, 1.165) is 11.1 Å². The van der Waals surface area contributed by atoms with Crippen LogP contribution in [0.4, 0.5) is 17.5 Å². The van der Waals surface area contributed by atoms with Crippen LogP contribution >= 0.6 is 0 Å². The van der Waals surface area contributed by atoms with Gasteiger partial charge >= 0.3 is 0 Å². The predicted molar refractivity (Wildman–Crippen MR) is 108 cm³/mol. The molecule has 152 valence electrons. The Bertz CT molecular complexity index is 1030. The Balaban J connectivity index is 1.66. The van der Waals surface area contributed by atoms with Crippen LogP contribution in [0.2, 0.25) is 0 Å². The summed E-state index contributed by atoms with van der Waals surface area (Å²) in [5.74, 6) is -1.14. The first-order valence-electron chi connectivity index (χ1n) is 9.57. The minimum Gasteiger partial charge on any atom is -0.378 e. The fourth-order valence-electron chi connectivity index (χ4n) is 3.60. The number of carbonyl (C=O) groups is 2. The SMILES string of the molecule is Cc1ccc(C)c(NC(=O)C2CC(=O)Nc3nc(N4CCOCC4)[nH]c(=O)c32)c1. The molecule has 0 bridgehead atoms. The normalized spacial score (nSPS) is 18.8. The number of hydrogen-bond acceptors (Lipinski definition) is 6. The van der Waals surface area contributed by atoms with E-state index < -0.39 is 17.4 Å². The molecule has 3 N–H and O–H groups in total. The summed E-state index contributed by atoms with van der Waals surface area (Å²) in [7, 11) is 0. The van der Waals surface area contributed by atoms with Gasteiger partial charge in [-0.15, -0.1) is 0 Å². The number of nitrogens with zero attached hydrogens (tertiary/aromatic N) is 2. The first-order chi connectivity index (χ1) is 13.9. The van der Waals surface area contributed by atoms with Crippen LogP contribution in [0.15, 0.2) is 23.0 Å². The van der Waals surface area contributed by atoms with E-state index in [0.29, 0.717) is 37.9 Å². The first kappa shape index (κ1) is 19.1. The van der Waals surface area contributed by atoms with Gasteiger partial charge in [-0.05, 0) is 31.0 Å². The van der Waals surface area contributed by atoms with Gasteiger partial charge in [-0.1, -0.05) is 12.1 Å². The highest BCUT2D eigenvalue weighted by Crippen LogP contribution is 2.30. The monoisotopic (exact) mass is 397 g/mol. The molecule has 1 atom stereocenters. The van der Waals surface area contributed by atoms with E-state index in [1.807, 2.05) is 36.9 Å². The summed E-state index contributed by atoms with van der Waals surface area (Å²) in [5.41, 5.74) is 2.33. The fraction of sp³-hybridized carbons (Fsp3) is 0.400. The number of fused-ring (bicyclic) bond motifs is 1. The Kier molecular flexibility index (Phi) is 5.06. The summed E-state index contributed by atoms with van der Waals surface area (Å²) in [5, 5.41) is 5.50. The molecule has 0 radical (unpaired) electrons. The van der Waals surface area contributed by atoms with Crippen molar-refractivity contribution in [3.8, 4) is 0 Å². The van der Waals surface area contributed by atoms with E-state index in [9.17, 15) is 14.4 Å². The van der Waals surface area contributed by atoms with Gasteiger partial charge in [-0.25, -0.2) is 0 Å². The summed E-state index contributed by atoms with van der Waals surface area (Å²) < 4.78 is 5.32. The maximum atomic E-state index is 13.0. The van der Waals surface area contributed by atoms with Crippen LogP contribution in [-0.4, -0.2) is 48.1 Å². The maximum Gasteiger partial charge on any atom is 0.258 e. The lowest BCUT2D eigenvalue weighted by molar-refractivity contribution is -0.123. The second-order valence-corrected chi connectivity index (χ2v) is 7.36. The van der Waals surface area contributed by atoms with Crippen LogP contribution in [0.3, 0.4) is 0 Å². The van der Waals surface area contributed by atoms with Gasteiger partial charge in [0.25, 0.3) is 5.56 Å². The highest BCUT2D eigenvalue weighted by atomic mass is 16.5. The summed E-state index contributed by atoms with van der Waals surface area (Å²) in [4.78, 5) is 47.1. The highest BCUT2D eigenvalue weighted by Gasteiger charge is 2.35. The van der Waals surface area contributed by atoms with Crippen molar-refractivity contribution >= 4 is 29.3 Å². The topological polar surface area (TPSA) is 116 Å². The summed E-state index contributed by atoms with van der Waals surface area (Å²) in [6, 6.07) is 5.73. The number of H-pyrrole nitrogens is 1. The zero-order valence-corrected chi connectivity index (χ0v) is 16.4. The van der Waals surface area contributed by atoms with Gasteiger partial charge in [0.05, 0.1) is 24.7 Å². The third-order valence-electron chi connectivity index (χ3n) is 5.22. The lowest BCUT2D eigenvalue weighted by Crippen LogP contribution is -2.41. The maximum absolute atomic E-state index is 13.0. The molecule has 1 fully saturated rings. The average molecular weight is 397 g/mol. The van der Waals surface area contributed by atoms with Crippen LogP contribution in [-0.2, 0) is 14.3 Å². The molecule has 9 heteroatoms. The first-order valence-corrected chi connectivity index (χ1v) is 9.57. The van der Waals surface area contributed by atoms with E-state index in [-0.39, 0.29) is 23.7 Å². The van der Waals surface area contributed by atoms with Gasteiger partial charge in [0.15, 0.2) is 0 Å². The Morgan fingerprint density at radius 1 is 1.24 bits per heavy atom. The third kappa shape index (κ3) is 3.86.